The number of aromatic nitrogens is 3. The number of carbonyl (C=O) groups is 1. The number of benzene rings is 1. The lowest BCUT2D eigenvalue weighted by Gasteiger charge is -2.12. The van der Waals surface area contributed by atoms with E-state index >= 15 is 0 Å². The first kappa shape index (κ1) is 19.0. The lowest BCUT2D eigenvalue weighted by Crippen LogP contribution is -2.35. The van der Waals surface area contributed by atoms with Crippen LogP contribution in [0, 0.1) is 0 Å². The Morgan fingerprint density at radius 1 is 1.07 bits per heavy atom. The van der Waals surface area contributed by atoms with E-state index in [4.69, 9.17) is 9.97 Å². The Labute approximate surface area is 173 Å². The van der Waals surface area contributed by atoms with Crippen LogP contribution in [0.15, 0.2) is 60.1 Å². The maximum Gasteiger partial charge on any atom is 0.239 e. The second-order valence-electron chi connectivity index (χ2n) is 6.88. The summed E-state index contributed by atoms with van der Waals surface area (Å²) in [5.74, 6) is 1.09. The normalized spacial score (nSPS) is 11.0. The van der Waals surface area contributed by atoms with Gasteiger partial charge in [-0.15, -0.1) is 11.3 Å². The van der Waals surface area contributed by atoms with E-state index < -0.39 is 0 Å². The number of hydrogen-bond donors (Lipinski definition) is 2. The molecule has 0 fully saturated rings. The maximum atomic E-state index is 12.2. The minimum atomic E-state index is -0.0809. The quantitative estimate of drug-likeness (QED) is 0.500. The molecule has 29 heavy (non-hydrogen) atoms. The summed E-state index contributed by atoms with van der Waals surface area (Å²) in [6, 6.07) is 15.8. The van der Waals surface area contributed by atoms with Gasteiger partial charge < -0.3 is 10.6 Å². The molecular weight excluding hydrogens is 382 g/mol. The Bertz CT molecular complexity index is 1130. The molecule has 0 spiro atoms. The number of thiophene rings is 1. The van der Waals surface area contributed by atoms with E-state index in [1.165, 1.54) is 0 Å². The van der Waals surface area contributed by atoms with Crippen LogP contribution in [0.1, 0.15) is 13.8 Å². The lowest BCUT2D eigenvalue weighted by atomic mass is 10.1. The number of nitrogens with one attached hydrogen (secondary N) is 2. The second kappa shape index (κ2) is 8.36. The molecule has 0 saturated heterocycles. The molecule has 6 nitrogen and oxygen atoms in total. The molecule has 0 aliphatic heterocycles. The summed E-state index contributed by atoms with van der Waals surface area (Å²) in [5, 5.41) is 9.10. The summed E-state index contributed by atoms with van der Waals surface area (Å²) in [5.41, 5.74) is 2.83. The van der Waals surface area contributed by atoms with Gasteiger partial charge in [0.2, 0.25) is 5.91 Å². The molecule has 1 amide bonds. The molecular formula is C22H21N5OS. The molecule has 3 aromatic heterocycles. The van der Waals surface area contributed by atoms with Gasteiger partial charge in [0.1, 0.15) is 16.3 Å². The summed E-state index contributed by atoms with van der Waals surface area (Å²) in [7, 11) is 0. The largest absolute Gasteiger partial charge is 0.360 e. The molecule has 7 heteroatoms. The number of anilines is 1. The average Bonchev–Trinajstić information content (AvgIpc) is 3.17. The van der Waals surface area contributed by atoms with Crippen molar-refractivity contribution in [3.8, 4) is 22.6 Å². The second-order valence-corrected chi connectivity index (χ2v) is 7.74. The van der Waals surface area contributed by atoms with Crippen LogP contribution < -0.4 is 10.6 Å². The van der Waals surface area contributed by atoms with Gasteiger partial charge in [0.15, 0.2) is 5.82 Å². The maximum absolute atomic E-state index is 12.2. The van der Waals surface area contributed by atoms with Crippen molar-refractivity contribution in [1.29, 1.82) is 0 Å². The highest BCUT2D eigenvalue weighted by Gasteiger charge is 2.17. The van der Waals surface area contributed by atoms with Gasteiger partial charge in [0, 0.05) is 23.2 Å². The molecule has 0 radical (unpaired) electrons. The Morgan fingerprint density at radius 3 is 2.59 bits per heavy atom. The SMILES string of the molecule is CC(C)NC(=O)CNc1nc(-c2ccccn2)nc2scc(-c3ccccc3)c12. The van der Waals surface area contributed by atoms with Crippen molar-refractivity contribution in [1.82, 2.24) is 20.3 Å². The van der Waals surface area contributed by atoms with Crippen molar-refractivity contribution in [2.75, 3.05) is 11.9 Å². The highest BCUT2D eigenvalue weighted by Crippen LogP contribution is 2.37. The Kier molecular flexibility index (Phi) is 5.48. The van der Waals surface area contributed by atoms with E-state index in [2.05, 4.69) is 33.1 Å². The fraction of sp³-hybridized carbons (Fsp3) is 0.182. The predicted molar refractivity (Wildman–Crippen MR) is 118 cm³/mol. The van der Waals surface area contributed by atoms with Gasteiger partial charge in [-0.3, -0.25) is 9.78 Å². The van der Waals surface area contributed by atoms with Crippen LogP contribution in [0.2, 0.25) is 0 Å². The van der Waals surface area contributed by atoms with Gasteiger partial charge in [-0.2, -0.15) is 0 Å². The Hall–Kier alpha value is -3.32. The molecule has 0 atom stereocenters. The number of hydrogen-bond acceptors (Lipinski definition) is 6. The summed E-state index contributed by atoms with van der Waals surface area (Å²) < 4.78 is 0. The van der Waals surface area contributed by atoms with Gasteiger partial charge in [-0.1, -0.05) is 36.4 Å². The third-order valence-corrected chi connectivity index (χ3v) is 5.15. The van der Waals surface area contributed by atoms with Crippen molar-refractivity contribution in [2.45, 2.75) is 19.9 Å². The van der Waals surface area contributed by atoms with Crippen molar-refractivity contribution >= 4 is 33.3 Å². The number of rotatable bonds is 6. The van der Waals surface area contributed by atoms with Crippen molar-refractivity contribution < 1.29 is 4.79 Å². The van der Waals surface area contributed by atoms with Gasteiger partial charge in [0.25, 0.3) is 0 Å². The van der Waals surface area contributed by atoms with Crippen molar-refractivity contribution in [3.05, 3.63) is 60.1 Å². The highest BCUT2D eigenvalue weighted by atomic mass is 32.1. The van der Waals surface area contributed by atoms with Gasteiger partial charge in [-0.05, 0) is 31.5 Å². The monoisotopic (exact) mass is 403 g/mol. The van der Waals surface area contributed by atoms with Crippen LogP contribution in [0.25, 0.3) is 32.9 Å². The summed E-state index contributed by atoms with van der Waals surface area (Å²) in [4.78, 5) is 26.9. The van der Waals surface area contributed by atoms with E-state index in [1.807, 2.05) is 50.2 Å². The first-order valence-corrected chi connectivity index (χ1v) is 10.3. The van der Waals surface area contributed by atoms with Crippen LogP contribution >= 0.6 is 11.3 Å². The third-order valence-electron chi connectivity index (χ3n) is 4.28. The van der Waals surface area contributed by atoms with Crippen molar-refractivity contribution in [3.63, 3.8) is 0 Å². The smallest absolute Gasteiger partial charge is 0.239 e. The Balaban J connectivity index is 1.79. The zero-order valence-electron chi connectivity index (χ0n) is 16.2. The zero-order valence-corrected chi connectivity index (χ0v) is 17.0. The Morgan fingerprint density at radius 2 is 1.86 bits per heavy atom. The number of carbonyl (C=O) groups excluding carboxylic acids is 1. The van der Waals surface area contributed by atoms with Crippen LogP contribution in [-0.2, 0) is 4.79 Å². The summed E-state index contributed by atoms with van der Waals surface area (Å²) >= 11 is 1.56. The fourth-order valence-corrected chi connectivity index (χ4v) is 3.99. The van der Waals surface area contributed by atoms with Crippen LogP contribution in [-0.4, -0.2) is 33.4 Å². The highest BCUT2D eigenvalue weighted by molar-refractivity contribution is 7.17. The van der Waals surface area contributed by atoms with Crippen molar-refractivity contribution in [2.24, 2.45) is 0 Å². The van der Waals surface area contributed by atoms with Gasteiger partial charge >= 0.3 is 0 Å². The van der Waals surface area contributed by atoms with Gasteiger partial charge in [0.05, 0.1) is 11.9 Å². The molecule has 146 valence electrons. The predicted octanol–water partition coefficient (Wildman–Crippen LogP) is 4.36. The van der Waals surface area contributed by atoms with E-state index in [-0.39, 0.29) is 18.5 Å². The first-order chi connectivity index (χ1) is 14.1. The minimum absolute atomic E-state index is 0.0809. The molecule has 4 aromatic rings. The van der Waals surface area contributed by atoms with Crippen LogP contribution in [0.5, 0.6) is 0 Å². The number of amides is 1. The zero-order chi connectivity index (χ0) is 20.2. The first-order valence-electron chi connectivity index (χ1n) is 9.41. The molecule has 0 aliphatic rings. The van der Waals surface area contributed by atoms with E-state index in [0.29, 0.717) is 17.3 Å². The number of pyridine rings is 1. The fourth-order valence-electron chi connectivity index (χ4n) is 3.05. The van der Waals surface area contributed by atoms with E-state index in [1.54, 1.807) is 17.5 Å². The number of nitrogens with zero attached hydrogens (tertiary/aromatic N) is 3. The minimum Gasteiger partial charge on any atom is -0.360 e. The standard InChI is InChI=1S/C22H21N5OS/c1-14(2)25-18(28)12-24-21-19-16(15-8-4-3-5-9-15)13-29-22(19)27-20(26-21)17-10-6-7-11-23-17/h3-11,13-14H,12H2,1-2H3,(H,25,28)(H,24,26,27). The molecule has 1 aromatic carbocycles. The third kappa shape index (κ3) is 4.25. The lowest BCUT2D eigenvalue weighted by molar-refractivity contribution is -0.119. The molecule has 3 heterocycles. The van der Waals surface area contributed by atoms with E-state index in [0.717, 1.165) is 21.3 Å². The number of fused-ring (bicyclic) bond motifs is 1. The molecule has 0 aliphatic carbocycles. The molecule has 0 unspecified atom stereocenters. The average molecular weight is 404 g/mol. The molecule has 2 N–H and O–H groups in total. The van der Waals surface area contributed by atoms with Crippen LogP contribution in [0.4, 0.5) is 5.82 Å². The summed E-state index contributed by atoms with van der Waals surface area (Å²) in [6.45, 7) is 4.01. The van der Waals surface area contributed by atoms with Crippen LogP contribution in [0.3, 0.4) is 0 Å². The molecule has 0 bridgehead atoms. The molecule has 0 saturated carbocycles. The van der Waals surface area contributed by atoms with Gasteiger partial charge in [-0.25, -0.2) is 9.97 Å². The molecule has 4 rings (SSSR count). The topological polar surface area (TPSA) is 79.8 Å². The van der Waals surface area contributed by atoms with E-state index in [9.17, 15) is 4.79 Å². The summed E-state index contributed by atoms with van der Waals surface area (Å²) in [6.07, 6.45) is 1.72.